The molecule has 1 aliphatic rings. The number of benzene rings is 1. The van der Waals surface area contributed by atoms with Gasteiger partial charge in [0, 0.05) is 51.0 Å². The van der Waals surface area contributed by atoms with Crippen LogP contribution >= 0.6 is 0 Å². The summed E-state index contributed by atoms with van der Waals surface area (Å²) in [7, 11) is 0. The van der Waals surface area contributed by atoms with E-state index in [9.17, 15) is 9.90 Å². The molecule has 0 spiro atoms. The van der Waals surface area contributed by atoms with E-state index in [1.807, 2.05) is 16.5 Å². The number of phenolic OH excluding ortho intramolecular Hbond substituents is 1. The van der Waals surface area contributed by atoms with Crippen LogP contribution in [0.4, 0.5) is 0 Å². The van der Waals surface area contributed by atoms with Gasteiger partial charge in [-0.15, -0.1) is 0 Å². The first kappa shape index (κ1) is 16.5. The van der Waals surface area contributed by atoms with E-state index < -0.39 is 0 Å². The van der Waals surface area contributed by atoms with E-state index in [0.717, 1.165) is 31.9 Å². The third-order valence-corrected chi connectivity index (χ3v) is 4.56. The smallest absolute Gasteiger partial charge is 0.257 e. The molecular formula is C18H24N4O2. The highest BCUT2D eigenvalue weighted by molar-refractivity contribution is 5.96. The number of nitrogens with zero attached hydrogens (tertiary/aromatic N) is 4. The van der Waals surface area contributed by atoms with Gasteiger partial charge in [-0.25, -0.2) is 0 Å². The monoisotopic (exact) mass is 328 g/mol. The molecule has 6 heteroatoms. The van der Waals surface area contributed by atoms with Gasteiger partial charge >= 0.3 is 0 Å². The number of piperazine rings is 1. The number of hydrogen-bond donors (Lipinski definition) is 1. The number of carbonyl (C=O) groups excluding carboxylic acids is 1. The molecule has 0 radical (unpaired) electrons. The average molecular weight is 328 g/mol. The molecule has 6 nitrogen and oxygen atoms in total. The van der Waals surface area contributed by atoms with Gasteiger partial charge in [0.25, 0.3) is 5.91 Å². The SMILES string of the molecule is CCn1cc(CN2CCN(C(=O)c3ccccc3O)CC2)c(C)n1. The number of carbonyl (C=O) groups is 1. The number of aromatic hydroxyl groups is 1. The number of para-hydroxylation sites is 1. The summed E-state index contributed by atoms with van der Waals surface area (Å²) in [6.45, 7) is 8.88. The number of aromatic nitrogens is 2. The highest BCUT2D eigenvalue weighted by Crippen LogP contribution is 2.19. The van der Waals surface area contributed by atoms with Gasteiger partial charge in [0.1, 0.15) is 5.75 Å². The fourth-order valence-electron chi connectivity index (χ4n) is 3.05. The topological polar surface area (TPSA) is 61.6 Å². The lowest BCUT2D eigenvalue weighted by Crippen LogP contribution is -2.48. The third kappa shape index (κ3) is 3.43. The fourth-order valence-corrected chi connectivity index (χ4v) is 3.05. The highest BCUT2D eigenvalue weighted by atomic mass is 16.3. The predicted molar refractivity (Wildman–Crippen MR) is 91.9 cm³/mol. The van der Waals surface area contributed by atoms with Crippen molar-refractivity contribution in [3.8, 4) is 5.75 Å². The first-order chi connectivity index (χ1) is 11.6. The summed E-state index contributed by atoms with van der Waals surface area (Å²) < 4.78 is 1.96. The maximum atomic E-state index is 12.5. The number of aryl methyl sites for hydroxylation is 2. The lowest BCUT2D eigenvalue weighted by molar-refractivity contribution is 0.0625. The summed E-state index contributed by atoms with van der Waals surface area (Å²) >= 11 is 0. The predicted octanol–water partition coefficient (Wildman–Crippen LogP) is 1.88. The van der Waals surface area contributed by atoms with Crippen LogP contribution in [0.1, 0.15) is 28.5 Å². The second-order valence-electron chi connectivity index (χ2n) is 6.18. The van der Waals surface area contributed by atoms with E-state index in [0.29, 0.717) is 18.7 Å². The van der Waals surface area contributed by atoms with E-state index in [-0.39, 0.29) is 11.7 Å². The molecular weight excluding hydrogens is 304 g/mol. The Morgan fingerprint density at radius 3 is 2.54 bits per heavy atom. The Morgan fingerprint density at radius 1 is 1.21 bits per heavy atom. The first-order valence-electron chi connectivity index (χ1n) is 8.41. The minimum Gasteiger partial charge on any atom is -0.507 e. The molecule has 1 saturated heterocycles. The van der Waals surface area contributed by atoms with Crippen LogP contribution in [0.3, 0.4) is 0 Å². The van der Waals surface area contributed by atoms with Crippen molar-refractivity contribution in [2.75, 3.05) is 26.2 Å². The second-order valence-corrected chi connectivity index (χ2v) is 6.18. The number of rotatable bonds is 4. The van der Waals surface area contributed by atoms with Crippen molar-refractivity contribution in [1.29, 1.82) is 0 Å². The van der Waals surface area contributed by atoms with Crippen LogP contribution in [0.2, 0.25) is 0 Å². The van der Waals surface area contributed by atoms with Gasteiger partial charge in [0.05, 0.1) is 11.3 Å². The van der Waals surface area contributed by atoms with Crippen molar-refractivity contribution in [1.82, 2.24) is 19.6 Å². The molecule has 1 aromatic heterocycles. The van der Waals surface area contributed by atoms with E-state index in [1.165, 1.54) is 5.56 Å². The molecule has 1 aliphatic heterocycles. The van der Waals surface area contributed by atoms with Crippen molar-refractivity contribution in [2.24, 2.45) is 0 Å². The fraction of sp³-hybridized carbons (Fsp3) is 0.444. The molecule has 1 aromatic carbocycles. The first-order valence-corrected chi connectivity index (χ1v) is 8.41. The summed E-state index contributed by atoms with van der Waals surface area (Å²) in [5.41, 5.74) is 2.70. The zero-order chi connectivity index (χ0) is 17.1. The molecule has 0 saturated carbocycles. The average Bonchev–Trinajstić information content (AvgIpc) is 2.95. The summed E-state index contributed by atoms with van der Waals surface area (Å²) in [6, 6.07) is 6.73. The summed E-state index contributed by atoms with van der Waals surface area (Å²) in [5, 5.41) is 14.3. The molecule has 3 rings (SSSR count). The lowest BCUT2D eigenvalue weighted by atomic mass is 10.1. The van der Waals surface area contributed by atoms with Gasteiger partial charge in [-0.2, -0.15) is 5.10 Å². The lowest BCUT2D eigenvalue weighted by Gasteiger charge is -2.34. The highest BCUT2D eigenvalue weighted by Gasteiger charge is 2.24. The van der Waals surface area contributed by atoms with Crippen LogP contribution in [0.15, 0.2) is 30.5 Å². The van der Waals surface area contributed by atoms with Gasteiger partial charge in [-0.3, -0.25) is 14.4 Å². The summed E-state index contributed by atoms with van der Waals surface area (Å²) in [6.07, 6.45) is 2.11. The van der Waals surface area contributed by atoms with Gasteiger partial charge < -0.3 is 10.0 Å². The standard InChI is InChI=1S/C18H24N4O2/c1-3-22-13-15(14(2)19-22)12-20-8-10-21(11-9-20)18(24)16-6-4-5-7-17(16)23/h4-7,13,23H,3,8-12H2,1-2H3. The minimum atomic E-state index is -0.0947. The van der Waals surface area contributed by atoms with Gasteiger partial charge in [0.2, 0.25) is 0 Å². The minimum absolute atomic E-state index is 0.0486. The normalized spacial score (nSPS) is 15.7. The van der Waals surface area contributed by atoms with Crippen molar-refractivity contribution in [2.45, 2.75) is 26.9 Å². The second kappa shape index (κ2) is 7.05. The maximum absolute atomic E-state index is 12.5. The Bertz CT molecular complexity index is 718. The van der Waals surface area contributed by atoms with Gasteiger partial charge in [-0.1, -0.05) is 12.1 Å². The third-order valence-electron chi connectivity index (χ3n) is 4.56. The van der Waals surface area contributed by atoms with E-state index >= 15 is 0 Å². The van der Waals surface area contributed by atoms with Crippen LogP contribution in [0, 0.1) is 6.92 Å². The molecule has 24 heavy (non-hydrogen) atoms. The van der Waals surface area contributed by atoms with Crippen LogP contribution in [-0.4, -0.2) is 56.8 Å². The molecule has 2 aromatic rings. The maximum Gasteiger partial charge on any atom is 0.257 e. The largest absolute Gasteiger partial charge is 0.507 e. The van der Waals surface area contributed by atoms with Crippen LogP contribution < -0.4 is 0 Å². The number of amides is 1. The van der Waals surface area contributed by atoms with E-state index in [2.05, 4.69) is 23.1 Å². The zero-order valence-corrected chi connectivity index (χ0v) is 14.3. The Morgan fingerprint density at radius 2 is 1.92 bits per heavy atom. The van der Waals surface area contributed by atoms with Crippen molar-refractivity contribution >= 4 is 5.91 Å². The molecule has 128 valence electrons. The molecule has 0 unspecified atom stereocenters. The Labute approximate surface area is 142 Å². The quantitative estimate of drug-likeness (QED) is 0.931. The van der Waals surface area contributed by atoms with Crippen molar-refractivity contribution in [3.05, 3.63) is 47.3 Å². The summed E-state index contributed by atoms with van der Waals surface area (Å²) in [5.74, 6) is -0.0460. The van der Waals surface area contributed by atoms with Gasteiger partial charge in [-0.05, 0) is 26.0 Å². The Hall–Kier alpha value is -2.34. The van der Waals surface area contributed by atoms with Gasteiger partial charge in [0.15, 0.2) is 0 Å². The van der Waals surface area contributed by atoms with Crippen LogP contribution in [-0.2, 0) is 13.1 Å². The zero-order valence-electron chi connectivity index (χ0n) is 14.3. The van der Waals surface area contributed by atoms with E-state index in [1.54, 1.807) is 24.3 Å². The van der Waals surface area contributed by atoms with Crippen molar-refractivity contribution < 1.29 is 9.90 Å². The molecule has 0 atom stereocenters. The Balaban J connectivity index is 1.58. The molecule has 1 N–H and O–H groups in total. The van der Waals surface area contributed by atoms with E-state index in [4.69, 9.17) is 0 Å². The van der Waals surface area contributed by atoms with Crippen LogP contribution in [0.25, 0.3) is 0 Å². The molecule has 2 heterocycles. The Kier molecular flexibility index (Phi) is 4.85. The summed E-state index contributed by atoms with van der Waals surface area (Å²) in [4.78, 5) is 16.7. The number of hydrogen-bond acceptors (Lipinski definition) is 4. The number of phenols is 1. The molecule has 1 fully saturated rings. The molecule has 1 amide bonds. The molecule has 0 bridgehead atoms. The molecule has 0 aliphatic carbocycles. The van der Waals surface area contributed by atoms with Crippen molar-refractivity contribution in [3.63, 3.8) is 0 Å². The van der Waals surface area contributed by atoms with Crippen LogP contribution in [0.5, 0.6) is 5.75 Å².